The van der Waals surface area contributed by atoms with Crippen LogP contribution in [0.4, 0.5) is 11.5 Å². The number of hydrogen-bond donors (Lipinski definition) is 2. The zero-order chi connectivity index (χ0) is 17.7. The highest BCUT2D eigenvalue weighted by Crippen LogP contribution is 2.19. The van der Waals surface area contributed by atoms with E-state index in [2.05, 4.69) is 20.0 Å². The zero-order valence-corrected chi connectivity index (χ0v) is 14.3. The number of anilines is 2. The molecule has 0 unspecified atom stereocenters. The molecule has 0 atom stereocenters. The van der Waals surface area contributed by atoms with Crippen LogP contribution in [0.3, 0.4) is 0 Å². The summed E-state index contributed by atoms with van der Waals surface area (Å²) in [5.74, 6) is 0.0353. The predicted octanol–water partition coefficient (Wildman–Crippen LogP) is 1.88. The highest BCUT2D eigenvalue weighted by molar-refractivity contribution is 7.92. The quantitative estimate of drug-likeness (QED) is 0.823. The Kier molecular flexibility index (Phi) is 5.35. The number of amides is 1. The molecule has 8 nitrogen and oxygen atoms in total. The van der Waals surface area contributed by atoms with Crippen molar-refractivity contribution in [2.75, 3.05) is 17.1 Å². The van der Waals surface area contributed by atoms with Gasteiger partial charge in [0.05, 0.1) is 12.0 Å². The summed E-state index contributed by atoms with van der Waals surface area (Å²) < 4.78 is 31.9. The molecule has 1 aromatic heterocycles. The zero-order valence-electron chi connectivity index (χ0n) is 13.5. The van der Waals surface area contributed by atoms with Crippen LogP contribution in [0.15, 0.2) is 41.6 Å². The standard InChI is InChI=1S/C15H18N4O4S/c1-10(2)15(20)18-11-4-6-12(7-5-11)24(21,22)19-13-8-14(23-3)17-9-16-13/h4-10H,1-3H3,(H,18,20)(H,16,17,19). The van der Waals surface area contributed by atoms with Gasteiger partial charge in [-0.05, 0) is 24.3 Å². The molecule has 0 aliphatic heterocycles. The lowest BCUT2D eigenvalue weighted by Gasteiger charge is -2.10. The number of rotatable bonds is 6. The largest absolute Gasteiger partial charge is 0.481 e. The molecule has 0 saturated heterocycles. The third-order valence-electron chi connectivity index (χ3n) is 3.05. The topological polar surface area (TPSA) is 110 Å². The first-order valence-corrected chi connectivity index (χ1v) is 8.60. The smallest absolute Gasteiger partial charge is 0.263 e. The summed E-state index contributed by atoms with van der Waals surface area (Å²) in [4.78, 5) is 19.3. The molecule has 128 valence electrons. The van der Waals surface area contributed by atoms with Gasteiger partial charge in [0, 0.05) is 17.7 Å². The monoisotopic (exact) mass is 350 g/mol. The SMILES string of the molecule is COc1cc(NS(=O)(=O)c2ccc(NC(=O)C(C)C)cc2)ncn1. The number of methoxy groups -OCH3 is 1. The molecular weight excluding hydrogens is 332 g/mol. The molecule has 0 saturated carbocycles. The summed E-state index contributed by atoms with van der Waals surface area (Å²) >= 11 is 0. The Morgan fingerprint density at radius 3 is 2.42 bits per heavy atom. The van der Waals surface area contributed by atoms with Gasteiger partial charge in [0.15, 0.2) is 0 Å². The lowest BCUT2D eigenvalue weighted by molar-refractivity contribution is -0.118. The lowest BCUT2D eigenvalue weighted by Crippen LogP contribution is -2.18. The second-order valence-electron chi connectivity index (χ2n) is 5.22. The molecule has 0 aliphatic rings. The van der Waals surface area contributed by atoms with Crippen LogP contribution < -0.4 is 14.8 Å². The van der Waals surface area contributed by atoms with Crippen molar-refractivity contribution in [2.45, 2.75) is 18.7 Å². The maximum absolute atomic E-state index is 12.3. The number of aromatic nitrogens is 2. The molecule has 0 fully saturated rings. The first kappa shape index (κ1) is 17.7. The summed E-state index contributed by atoms with van der Waals surface area (Å²) in [5, 5.41) is 2.69. The van der Waals surface area contributed by atoms with Gasteiger partial charge in [0.1, 0.15) is 12.1 Å². The van der Waals surface area contributed by atoms with E-state index in [1.54, 1.807) is 13.8 Å². The van der Waals surface area contributed by atoms with E-state index in [9.17, 15) is 13.2 Å². The minimum Gasteiger partial charge on any atom is -0.481 e. The number of nitrogens with one attached hydrogen (secondary N) is 2. The van der Waals surface area contributed by atoms with Gasteiger partial charge in [-0.3, -0.25) is 9.52 Å². The molecule has 9 heteroatoms. The molecule has 1 amide bonds. The Morgan fingerprint density at radius 2 is 1.83 bits per heavy atom. The average molecular weight is 350 g/mol. The third-order valence-corrected chi connectivity index (χ3v) is 4.42. The fourth-order valence-corrected chi connectivity index (χ4v) is 2.71. The number of nitrogens with zero attached hydrogens (tertiary/aromatic N) is 2. The Morgan fingerprint density at radius 1 is 1.17 bits per heavy atom. The highest BCUT2D eigenvalue weighted by Gasteiger charge is 2.16. The second-order valence-corrected chi connectivity index (χ2v) is 6.90. The van der Waals surface area contributed by atoms with Crippen LogP contribution >= 0.6 is 0 Å². The number of ether oxygens (including phenoxy) is 1. The van der Waals surface area contributed by atoms with E-state index < -0.39 is 10.0 Å². The van der Waals surface area contributed by atoms with Crippen molar-refractivity contribution in [1.82, 2.24) is 9.97 Å². The maximum Gasteiger partial charge on any atom is 0.263 e. The molecule has 24 heavy (non-hydrogen) atoms. The van der Waals surface area contributed by atoms with Crippen LogP contribution in [0.25, 0.3) is 0 Å². The van der Waals surface area contributed by atoms with E-state index in [1.165, 1.54) is 43.8 Å². The van der Waals surface area contributed by atoms with Gasteiger partial charge in [-0.2, -0.15) is 0 Å². The number of carbonyl (C=O) groups excluding carboxylic acids is 1. The van der Waals surface area contributed by atoms with Gasteiger partial charge in [-0.15, -0.1) is 0 Å². The molecule has 0 bridgehead atoms. The second kappa shape index (κ2) is 7.26. The molecule has 0 radical (unpaired) electrons. The summed E-state index contributed by atoms with van der Waals surface area (Å²) in [6.07, 6.45) is 1.20. The molecule has 2 N–H and O–H groups in total. The van der Waals surface area contributed by atoms with Gasteiger partial charge < -0.3 is 10.1 Å². The van der Waals surface area contributed by atoms with Crippen LogP contribution in [0.5, 0.6) is 5.88 Å². The third kappa shape index (κ3) is 4.42. The molecular formula is C15H18N4O4S. The average Bonchev–Trinajstić information content (AvgIpc) is 2.55. The van der Waals surface area contributed by atoms with Gasteiger partial charge >= 0.3 is 0 Å². The van der Waals surface area contributed by atoms with Crippen LogP contribution in [-0.2, 0) is 14.8 Å². The van der Waals surface area contributed by atoms with Crippen molar-refractivity contribution >= 4 is 27.4 Å². The number of benzene rings is 1. The summed E-state index contributed by atoms with van der Waals surface area (Å²) in [6.45, 7) is 3.54. The normalized spacial score (nSPS) is 11.2. The Balaban J connectivity index is 2.15. The van der Waals surface area contributed by atoms with E-state index in [1.807, 2.05) is 0 Å². The fraction of sp³-hybridized carbons (Fsp3) is 0.267. The minimum atomic E-state index is -3.81. The van der Waals surface area contributed by atoms with E-state index in [0.717, 1.165) is 0 Å². The Hall–Kier alpha value is -2.68. The van der Waals surface area contributed by atoms with Crippen LogP contribution in [0.1, 0.15) is 13.8 Å². The summed E-state index contributed by atoms with van der Waals surface area (Å²) in [5.41, 5.74) is 0.524. The Labute approximate surface area is 140 Å². The van der Waals surface area contributed by atoms with E-state index in [-0.39, 0.29) is 28.4 Å². The van der Waals surface area contributed by atoms with Crippen molar-refractivity contribution in [1.29, 1.82) is 0 Å². The molecule has 1 heterocycles. The van der Waals surface area contributed by atoms with Crippen molar-refractivity contribution < 1.29 is 17.9 Å². The first-order valence-electron chi connectivity index (χ1n) is 7.11. The van der Waals surface area contributed by atoms with E-state index in [4.69, 9.17) is 4.74 Å². The number of hydrogen-bond acceptors (Lipinski definition) is 6. The predicted molar refractivity (Wildman–Crippen MR) is 89.3 cm³/mol. The molecule has 2 rings (SSSR count). The van der Waals surface area contributed by atoms with Crippen LogP contribution in [-0.4, -0.2) is 31.4 Å². The summed E-state index contributed by atoms with van der Waals surface area (Å²) in [6, 6.07) is 7.22. The molecule has 0 spiro atoms. The minimum absolute atomic E-state index is 0.0441. The van der Waals surface area contributed by atoms with Crippen molar-refractivity contribution in [3.8, 4) is 5.88 Å². The van der Waals surface area contributed by atoms with Crippen molar-refractivity contribution in [2.24, 2.45) is 5.92 Å². The van der Waals surface area contributed by atoms with Crippen LogP contribution in [0, 0.1) is 5.92 Å². The van der Waals surface area contributed by atoms with Crippen molar-refractivity contribution in [3.05, 3.63) is 36.7 Å². The maximum atomic E-state index is 12.3. The van der Waals surface area contributed by atoms with Crippen LogP contribution in [0.2, 0.25) is 0 Å². The first-order chi connectivity index (χ1) is 11.3. The molecule has 0 aliphatic carbocycles. The lowest BCUT2D eigenvalue weighted by atomic mass is 10.2. The van der Waals surface area contributed by atoms with Crippen molar-refractivity contribution in [3.63, 3.8) is 0 Å². The number of sulfonamides is 1. The number of carbonyl (C=O) groups is 1. The molecule has 1 aromatic carbocycles. The van der Waals surface area contributed by atoms with Gasteiger partial charge in [-0.1, -0.05) is 13.8 Å². The summed E-state index contributed by atoms with van der Waals surface area (Å²) in [7, 11) is -2.39. The fourth-order valence-electron chi connectivity index (χ4n) is 1.71. The van der Waals surface area contributed by atoms with E-state index in [0.29, 0.717) is 5.69 Å². The van der Waals surface area contributed by atoms with E-state index >= 15 is 0 Å². The Bertz CT molecular complexity index is 820. The molecule has 2 aromatic rings. The van der Waals surface area contributed by atoms with Gasteiger partial charge in [-0.25, -0.2) is 18.4 Å². The van der Waals surface area contributed by atoms with Gasteiger partial charge in [0.2, 0.25) is 11.8 Å². The van der Waals surface area contributed by atoms with Gasteiger partial charge in [0.25, 0.3) is 10.0 Å². The highest BCUT2D eigenvalue weighted by atomic mass is 32.2.